The molecule has 2 heterocycles. The number of nitrogens with two attached hydrogens (primary N) is 1. The average molecular weight is 285 g/mol. The van der Waals surface area contributed by atoms with E-state index in [0.29, 0.717) is 23.4 Å². The molecule has 110 valence electrons. The first kappa shape index (κ1) is 13.7. The second-order valence-corrected chi connectivity index (χ2v) is 5.78. The van der Waals surface area contributed by atoms with Gasteiger partial charge in [-0.2, -0.15) is 13.2 Å². The van der Waals surface area contributed by atoms with Crippen molar-refractivity contribution in [2.75, 3.05) is 18.0 Å². The SMILES string of the molecule is CC[C@@H]1C2CN(c3ccnc(C(F)(F)F)c3)C[C@H]2[C@@H]1N. The summed E-state index contributed by atoms with van der Waals surface area (Å²) in [6.45, 7) is 3.68. The molecule has 3 rings (SSSR count). The van der Waals surface area contributed by atoms with Crippen LogP contribution < -0.4 is 10.6 Å². The maximum absolute atomic E-state index is 12.7. The van der Waals surface area contributed by atoms with Crippen molar-refractivity contribution < 1.29 is 13.2 Å². The van der Waals surface area contributed by atoms with Crippen molar-refractivity contribution in [1.29, 1.82) is 0 Å². The summed E-state index contributed by atoms with van der Waals surface area (Å²) < 4.78 is 38.1. The Bertz CT molecular complexity index is 503. The lowest BCUT2D eigenvalue weighted by atomic mass is 9.62. The topological polar surface area (TPSA) is 42.2 Å². The maximum atomic E-state index is 12.7. The van der Waals surface area contributed by atoms with E-state index < -0.39 is 11.9 Å². The normalized spacial score (nSPS) is 33.0. The first-order chi connectivity index (χ1) is 9.41. The molecule has 4 atom stereocenters. The molecule has 1 unspecified atom stereocenters. The number of anilines is 1. The Morgan fingerprint density at radius 2 is 2.05 bits per heavy atom. The molecule has 1 saturated heterocycles. The number of halogens is 3. The Morgan fingerprint density at radius 3 is 2.70 bits per heavy atom. The molecule has 20 heavy (non-hydrogen) atoms. The van der Waals surface area contributed by atoms with Crippen molar-refractivity contribution in [3.63, 3.8) is 0 Å². The molecule has 1 aromatic rings. The molecule has 1 aliphatic heterocycles. The highest BCUT2D eigenvalue weighted by molar-refractivity contribution is 5.49. The van der Waals surface area contributed by atoms with E-state index in [1.165, 1.54) is 6.20 Å². The number of hydrogen-bond acceptors (Lipinski definition) is 3. The monoisotopic (exact) mass is 285 g/mol. The fourth-order valence-corrected chi connectivity index (χ4v) is 3.73. The molecular formula is C14H18F3N3. The smallest absolute Gasteiger partial charge is 0.371 e. The summed E-state index contributed by atoms with van der Waals surface area (Å²) in [7, 11) is 0. The number of rotatable bonds is 2. The largest absolute Gasteiger partial charge is 0.433 e. The lowest BCUT2D eigenvalue weighted by molar-refractivity contribution is -0.141. The predicted molar refractivity (Wildman–Crippen MR) is 70.2 cm³/mol. The highest BCUT2D eigenvalue weighted by atomic mass is 19.4. The van der Waals surface area contributed by atoms with E-state index in [9.17, 15) is 13.2 Å². The van der Waals surface area contributed by atoms with Crippen LogP contribution in [0.5, 0.6) is 0 Å². The zero-order chi connectivity index (χ0) is 14.5. The van der Waals surface area contributed by atoms with Crippen LogP contribution in [0.2, 0.25) is 0 Å². The Balaban J connectivity index is 1.79. The summed E-state index contributed by atoms with van der Waals surface area (Å²) >= 11 is 0. The van der Waals surface area contributed by atoms with Crippen molar-refractivity contribution in [3.8, 4) is 0 Å². The second-order valence-electron chi connectivity index (χ2n) is 5.78. The van der Waals surface area contributed by atoms with Crippen molar-refractivity contribution in [2.24, 2.45) is 23.5 Å². The van der Waals surface area contributed by atoms with Crippen LogP contribution in [0.1, 0.15) is 19.0 Å². The summed E-state index contributed by atoms with van der Waals surface area (Å²) in [6.07, 6.45) is -2.12. The molecule has 1 saturated carbocycles. The van der Waals surface area contributed by atoms with Gasteiger partial charge in [-0.25, -0.2) is 0 Å². The van der Waals surface area contributed by atoms with E-state index in [1.807, 2.05) is 4.90 Å². The molecule has 2 fully saturated rings. The molecule has 0 spiro atoms. The van der Waals surface area contributed by atoms with Gasteiger partial charge in [-0.05, 0) is 29.9 Å². The van der Waals surface area contributed by atoms with Crippen LogP contribution in [0.25, 0.3) is 0 Å². The summed E-state index contributed by atoms with van der Waals surface area (Å²) in [5.41, 5.74) is 5.91. The first-order valence-electron chi connectivity index (χ1n) is 6.95. The number of fused-ring (bicyclic) bond motifs is 1. The van der Waals surface area contributed by atoms with Gasteiger partial charge in [0.2, 0.25) is 0 Å². The van der Waals surface area contributed by atoms with Gasteiger partial charge in [-0.15, -0.1) is 0 Å². The minimum atomic E-state index is -4.39. The number of alkyl halides is 3. The van der Waals surface area contributed by atoms with Gasteiger partial charge >= 0.3 is 6.18 Å². The summed E-state index contributed by atoms with van der Waals surface area (Å²) in [5.74, 6) is 1.45. The van der Waals surface area contributed by atoms with Crippen molar-refractivity contribution >= 4 is 5.69 Å². The summed E-state index contributed by atoms with van der Waals surface area (Å²) in [5, 5.41) is 0. The van der Waals surface area contributed by atoms with Gasteiger partial charge in [0.25, 0.3) is 0 Å². The van der Waals surface area contributed by atoms with Gasteiger partial charge in [0.05, 0.1) is 0 Å². The lowest BCUT2D eigenvalue weighted by Gasteiger charge is -2.45. The van der Waals surface area contributed by atoms with Crippen LogP contribution >= 0.6 is 0 Å². The summed E-state index contributed by atoms with van der Waals surface area (Å²) in [6, 6.07) is 2.97. The van der Waals surface area contributed by atoms with E-state index in [0.717, 1.165) is 25.6 Å². The minimum absolute atomic E-state index is 0.193. The third-order valence-electron chi connectivity index (χ3n) is 4.82. The van der Waals surface area contributed by atoms with Crippen molar-refractivity contribution in [2.45, 2.75) is 25.6 Å². The zero-order valence-corrected chi connectivity index (χ0v) is 11.3. The molecule has 3 nitrogen and oxygen atoms in total. The lowest BCUT2D eigenvalue weighted by Crippen LogP contribution is -2.55. The Morgan fingerprint density at radius 1 is 1.35 bits per heavy atom. The molecule has 0 bridgehead atoms. The standard InChI is InChI=1S/C14H18F3N3/c1-2-9-10-6-20(7-11(10)13(9)18)8-3-4-19-12(5-8)14(15,16)17/h3-5,9-11,13H,2,6-7,18H2,1H3/t9-,10?,11-,13-/m1/s1. The maximum Gasteiger partial charge on any atom is 0.433 e. The molecule has 2 N–H and O–H groups in total. The predicted octanol–water partition coefficient (Wildman–Crippen LogP) is 2.52. The van der Waals surface area contributed by atoms with Gasteiger partial charge in [0.15, 0.2) is 0 Å². The number of nitrogens with zero attached hydrogens (tertiary/aromatic N) is 2. The molecule has 0 radical (unpaired) electrons. The van der Waals surface area contributed by atoms with Crippen molar-refractivity contribution in [1.82, 2.24) is 4.98 Å². The van der Waals surface area contributed by atoms with Gasteiger partial charge in [-0.3, -0.25) is 4.98 Å². The first-order valence-corrected chi connectivity index (χ1v) is 6.95. The minimum Gasteiger partial charge on any atom is -0.371 e. The van der Waals surface area contributed by atoms with E-state index in [-0.39, 0.29) is 6.04 Å². The molecule has 0 aromatic carbocycles. The van der Waals surface area contributed by atoms with Gasteiger partial charge in [0.1, 0.15) is 5.69 Å². The molecular weight excluding hydrogens is 267 g/mol. The van der Waals surface area contributed by atoms with Crippen LogP contribution in [0.4, 0.5) is 18.9 Å². The molecule has 6 heteroatoms. The number of pyridine rings is 1. The van der Waals surface area contributed by atoms with Gasteiger partial charge < -0.3 is 10.6 Å². The third-order valence-corrected chi connectivity index (χ3v) is 4.82. The van der Waals surface area contributed by atoms with E-state index >= 15 is 0 Å². The molecule has 0 amide bonds. The van der Waals surface area contributed by atoms with Gasteiger partial charge in [-0.1, -0.05) is 13.3 Å². The highest BCUT2D eigenvalue weighted by Gasteiger charge is 2.52. The average Bonchev–Trinajstić information content (AvgIpc) is 2.79. The number of hydrogen-bond donors (Lipinski definition) is 1. The Hall–Kier alpha value is -1.30. The van der Waals surface area contributed by atoms with Crippen LogP contribution in [-0.4, -0.2) is 24.1 Å². The van der Waals surface area contributed by atoms with Crippen LogP contribution in [0, 0.1) is 17.8 Å². The zero-order valence-electron chi connectivity index (χ0n) is 11.3. The summed E-state index contributed by atoms with van der Waals surface area (Å²) in [4.78, 5) is 5.42. The van der Waals surface area contributed by atoms with E-state index in [1.54, 1.807) is 6.07 Å². The third kappa shape index (κ3) is 2.06. The van der Waals surface area contributed by atoms with Gasteiger partial charge in [0, 0.05) is 31.0 Å². The fraction of sp³-hybridized carbons (Fsp3) is 0.643. The van der Waals surface area contributed by atoms with Crippen LogP contribution in [-0.2, 0) is 6.18 Å². The Kier molecular flexibility index (Phi) is 3.16. The second kappa shape index (κ2) is 4.62. The fourth-order valence-electron chi connectivity index (χ4n) is 3.73. The van der Waals surface area contributed by atoms with E-state index in [4.69, 9.17) is 5.73 Å². The Labute approximate surface area is 116 Å². The van der Waals surface area contributed by atoms with Crippen LogP contribution in [0.3, 0.4) is 0 Å². The van der Waals surface area contributed by atoms with Crippen LogP contribution in [0.15, 0.2) is 18.3 Å². The molecule has 1 aromatic heterocycles. The molecule has 1 aliphatic carbocycles. The number of aromatic nitrogens is 1. The van der Waals surface area contributed by atoms with E-state index in [2.05, 4.69) is 11.9 Å². The molecule has 2 aliphatic rings. The van der Waals surface area contributed by atoms with Crippen molar-refractivity contribution in [3.05, 3.63) is 24.0 Å². The highest BCUT2D eigenvalue weighted by Crippen LogP contribution is 2.47. The quantitative estimate of drug-likeness (QED) is 0.908.